The summed E-state index contributed by atoms with van der Waals surface area (Å²) >= 11 is 0. The van der Waals surface area contributed by atoms with E-state index in [0.29, 0.717) is 0 Å². The predicted molar refractivity (Wildman–Crippen MR) is 80.3 cm³/mol. The van der Waals surface area contributed by atoms with E-state index < -0.39 is 42.4 Å². The molecule has 0 fully saturated rings. The Labute approximate surface area is 135 Å². The van der Waals surface area contributed by atoms with Gasteiger partial charge in [0, 0.05) is 20.1 Å². The van der Waals surface area contributed by atoms with Gasteiger partial charge in [-0.2, -0.15) is 0 Å². The molecule has 0 aliphatic heterocycles. The van der Waals surface area contributed by atoms with E-state index in [-0.39, 0.29) is 16.8 Å². The normalized spacial score (nSPS) is 14.1. The minimum absolute atomic E-state index is 0.137. The molecule has 7 N–H and O–H groups in total. The zero-order chi connectivity index (χ0) is 18.4. The SMILES string of the molecule is CO[C@@H](c1oc(C(=O)O)c/c(=N/C(=N)N)c1NC(C)=O)[C@H](O)CO. The highest BCUT2D eigenvalue weighted by Gasteiger charge is 2.29. The first-order chi connectivity index (χ1) is 11.2. The largest absolute Gasteiger partial charge is 0.475 e. The molecule has 0 saturated carbocycles. The maximum atomic E-state index is 11.4. The van der Waals surface area contributed by atoms with Crippen LogP contribution >= 0.6 is 0 Å². The first-order valence-corrected chi connectivity index (χ1v) is 6.60. The molecule has 0 unspecified atom stereocenters. The number of carbonyl (C=O) groups excluding carboxylic acids is 1. The minimum atomic E-state index is -1.47. The van der Waals surface area contributed by atoms with Crippen LogP contribution in [0.1, 0.15) is 29.3 Å². The number of aliphatic hydroxyl groups excluding tert-OH is 2. The van der Waals surface area contributed by atoms with Crippen molar-refractivity contribution in [2.45, 2.75) is 19.1 Å². The summed E-state index contributed by atoms with van der Waals surface area (Å²) in [6.07, 6.45) is -2.78. The summed E-state index contributed by atoms with van der Waals surface area (Å²) in [6.45, 7) is 0.459. The van der Waals surface area contributed by atoms with E-state index in [1.807, 2.05) is 0 Å². The summed E-state index contributed by atoms with van der Waals surface area (Å²) in [7, 11) is 1.19. The van der Waals surface area contributed by atoms with Crippen LogP contribution in [0.4, 0.5) is 5.69 Å². The second kappa shape index (κ2) is 8.19. The Bertz CT molecular complexity index is 713. The van der Waals surface area contributed by atoms with Gasteiger partial charge >= 0.3 is 5.97 Å². The monoisotopic (exact) mass is 342 g/mol. The zero-order valence-electron chi connectivity index (χ0n) is 12.9. The number of anilines is 1. The number of rotatable bonds is 6. The number of nitrogens with one attached hydrogen (secondary N) is 2. The molecule has 2 atom stereocenters. The van der Waals surface area contributed by atoms with Gasteiger partial charge in [0.15, 0.2) is 5.76 Å². The molecule has 1 aromatic rings. The summed E-state index contributed by atoms with van der Waals surface area (Å²) in [4.78, 5) is 26.3. The van der Waals surface area contributed by atoms with Crippen LogP contribution in [0.25, 0.3) is 0 Å². The van der Waals surface area contributed by atoms with Gasteiger partial charge in [-0.1, -0.05) is 0 Å². The van der Waals surface area contributed by atoms with Crippen LogP contribution in [0.15, 0.2) is 15.5 Å². The van der Waals surface area contributed by atoms with Crippen LogP contribution in [-0.2, 0) is 9.53 Å². The van der Waals surface area contributed by atoms with E-state index in [4.69, 9.17) is 30.5 Å². The summed E-state index contributed by atoms with van der Waals surface area (Å²) in [5, 5.41) is 37.5. The number of carboxylic acids is 1. The van der Waals surface area contributed by atoms with Crippen LogP contribution in [0.3, 0.4) is 0 Å². The number of hydrogen-bond donors (Lipinski definition) is 6. The Balaban J connectivity index is 3.80. The number of carboxylic acid groups (broad SMARTS) is 1. The second-order valence-corrected chi connectivity index (χ2v) is 4.62. The summed E-state index contributed by atoms with van der Waals surface area (Å²) < 4.78 is 10.2. The fourth-order valence-corrected chi connectivity index (χ4v) is 1.88. The predicted octanol–water partition coefficient (Wildman–Crippen LogP) is -1.23. The lowest BCUT2D eigenvalue weighted by molar-refractivity contribution is -0.114. The first kappa shape index (κ1) is 19.3. The van der Waals surface area contributed by atoms with E-state index in [9.17, 15) is 14.7 Å². The fourth-order valence-electron chi connectivity index (χ4n) is 1.88. The minimum Gasteiger partial charge on any atom is -0.475 e. The van der Waals surface area contributed by atoms with Crippen LogP contribution in [0, 0.1) is 5.41 Å². The topological polar surface area (TPSA) is 191 Å². The third-order valence-electron chi connectivity index (χ3n) is 2.79. The highest BCUT2D eigenvalue weighted by atomic mass is 16.5. The van der Waals surface area contributed by atoms with Crippen molar-refractivity contribution in [1.29, 1.82) is 5.41 Å². The van der Waals surface area contributed by atoms with Crippen LogP contribution < -0.4 is 16.4 Å². The van der Waals surface area contributed by atoms with Gasteiger partial charge in [-0.3, -0.25) is 10.2 Å². The molecule has 0 aliphatic carbocycles. The number of methoxy groups -OCH3 is 1. The maximum Gasteiger partial charge on any atom is 0.371 e. The molecule has 24 heavy (non-hydrogen) atoms. The standard InChI is InChI=1S/C13H18N4O7/c1-5(19)16-9-6(17-13(14)15)3-8(12(21)22)24-11(9)10(23-2)7(20)4-18/h3,7,10,18,20H,4H2,1-2H3,(H3,14,15)(H,16,19)(H,21,22)/b17-6-/t7-,10-/m1/s1. The Morgan fingerprint density at radius 3 is 2.58 bits per heavy atom. The van der Waals surface area contributed by atoms with Gasteiger partial charge in [-0.25, -0.2) is 9.79 Å². The number of aliphatic hydroxyl groups is 2. The molecule has 1 amide bonds. The number of nitrogens with zero attached hydrogens (tertiary/aromatic N) is 1. The molecule has 0 bridgehead atoms. The number of guanidine groups is 1. The Kier molecular flexibility index (Phi) is 6.58. The Morgan fingerprint density at radius 1 is 1.54 bits per heavy atom. The summed E-state index contributed by atoms with van der Waals surface area (Å²) in [5.74, 6) is -3.55. The van der Waals surface area contributed by atoms with Gasteiger partial charge in [0.05, 0.1) is 12.0 Å². The molecule has 0 radical (unpaired) electrons. The molecular formula is C13H18N4O7. The summed E-state index contributed by atoms with van der Waals surface area (Å²) in [5.41, 5.74) is 5.06. The van der Waals surface area contributed by atoms with E-state index in [0.717, 1.165) is 6.07 Å². The van der Waals surface area contributed by atoms with Gasteiger partial charge in [-0.15, -0.1) is 0 Å². The summed E-state index contributed by atoms with van der Waals surface area (Å²) in [6, 6.07) is 0.955. The third-order valence-corrected chi connectivity index (χ3v) is 2.79. The second-order valence-electron chi connectivity index (χ2n) is 4.62. The Morgan fingerprint density at radius 2 is 2.17 bits per heavy atom. The number of nitrogens with two attached hydrogens (primary N) is 1. The molecule has 1 heterocycles. The van der Waals surface area contributed by atoms with Crippen molar-refractivity contribution in [1.82, 2.24) is 0 Å². The van der Waals surface area contributed by atoms with E-state index in [1.165, 1.54) is 14.0 Å². The molecule has 0 saturated heterocycles. The smallest absolute Gasteiger partial charge is 0.371 e. The lowest BCUT2D eigenvalue weighted by atomic mass is 10.1. The van der Waals surface area contributed by atoms with Crippen molar-refractivity contribution in [3.8, 4) is 0 Å². The fraction of sp³-hybridized carbons (Fsp3) is 0.385. The average molecular weight is 342 g/mol. The van der Waals surface area contributed by atoms with Gasteiger partial charge < -0.3 is 35.5 Å². The quantitative estimate of drug-likeness (QED) is 0.273. The van der Waals surface area contributed by atoms with Gasteiger partial charge in [0.25, 0.3) is 0 Å². The Hall–Kier alpha value is -2.76. The van der Waals surface area contributed by atoms with Gasteiger partial charge in [0.2, 0.25) is 17.6 Å². The van der Waals surface area contributed by atoms with Crippen molar-refractivity contribution in [3.05, 3.63) is 22.9 Å². The molecular weight excluding hydrogens is 324 g/mol. The van der Waals surface area contributed by atoms with Gasteiger partial charge in [0.1, 0.15) is 17.9 Å². The van der Waals surface area contributed by atoms with Crippen molar-refractivity contribution >= 4 is 23.5 Å². The number of aromatic carboxylic acids is 1. The number of amides is 1. The first-order valence-electron chi connectivity index (χ1n) is 6.60. The molecule has 1 rings (SSSR count). The molecule has 0 aromatic carbocycles. The van der Waals surface area contributed by atoms with Crippen LogP contribution in [0.5, 0.6) is 0 Å². The van der Waals surface area contributed by atoms with E-state index in [1.54, 1.807) is 0 Å². The van der Waals surface area contributed by atoms with E-state index in [2.05, 4.69) is 10.3 Å². The third kappa shape index (κ3) is 4.62. The van der Waals surface area contributed by atoms with Crippen molar-refractivity contribution in [2.75, 3.05) is 19.0 Å². The van der Waals surface area contributed by atoms with Gasteiger partial charge in [-0.05, 0) is 0 Å². The van der Waals surface area contributed by atoms with Crippen molar-refractivity contribution < 1.29 is 34.1 Å². The molecule has 11 heteroatoms. The lowest BCUT2D eigenvalue weighted by Crippen LogP contribution is -2.29. The maximum absolute atomic E-state index is 11.4. The highest BCUT2D eigenvalue weighted by Crippen LogP contribution is 2.27. The number of ether oxygens (including phenoxy) is 1. The van der Waals surface area contributed by atoms with Crippen molar-refractivity contribution in [3.63, 3.8) is 0 Å². The molecule has 11 nitrogen and oxygen atoms in total. The highest BCUT2D eigenvalue weighted by molar-refractivity contribution is 5.90. The molecule has 0 aliphatic rings. The number of carbonyl (C=O) groups is 2. The zero-order valence-corrected chi connectivity index (χ0v) is 12.9. The molecule has 132 valence electrons. The lowest BCUT2D eigenvalue weighted by Gasteiger charge is -2.22. The molecule has 1 aromatic heterocycles. The molecule has 0 spiro atoms. The number of hydrogen-bond acceptors (Lipinski definition) is 7. The van der Waals surface area contributed by atoms with Crippen LogP contribution in [-0.4, -0.2) is 53.0 Å². The average Bonchev–Trinajstić information content (AvgIpc) is 2.49. The van der Waals surface area contributed by atoms with Crippen molar-refractivity contribution in [2.24, 2.45) is 10.7 Å². The van der Waals surface area contributed by atoms with Crippen LogP contribution in [0.2, 0.25) is 0 Å². The van der Waals surface area contributed by atoms with E-state index >= 15 is 0 Å².